The molecule has 0 heterocycles. The summed E-state index contributed by atoms with van der Waals surface area (Å²) in [5, 5.41) is 4.04. The number of sulfonamides is 1. The number of anilines is 1. The minimum absolute atomic E-state index is 0.180. The van der Waals surface area contributed by atoms with Gasteiger partial charge in [0.25, 0.3) is 15.9 Å². The Morgan fingerprint density at radius 3 is 2.13 bits per heavy atom. The van der Waals surface area contributed by atoms with Gasteiger partial charge in [-0.05, 0) is 63.6 Å². The lowest BCUT2D eigenvalue weighted by Gasteiger charge is -2.30. The zero-order valence-electron chi connectivity index (χ0n) is 18.0. The SMILES string of the molecule is CC(C)N(CCNC(=O)c1ccc(NS(=O)(=O)/C=C/c2ccccc2)cc1)C(C)C. The Morgan fingerprint density at radius 1 is 0.967 bits per heavy atom. The van der Waals surface area contributed by atoms with Crippen molar-refractivity contribution < 1.29 is 13.2 Å². The van der Waals surface area contributed by atoms with Crippen molar-refractivity contribution in [2.75, 3.05) is 17.8 Å². The zero-order valence-corrected chi connectivity index (χ0v) is 18.8. The maximum atomic E-state index is 12.3. The third kappa shape index (κ3) is 7.65. The van der Waals surface area contributed by atoms with E-state index in [0.29, 0.717) is 29.9 Å². The second-order valence-corrected chi connectivity index (χ2v) is 9.19. The molecule has 0 spiro atoms. The van der Waals surface area contributed by atoms with Crippen LogP contribution in [0.3, 0.4) is 0 Å². The Balaban J connectivity index is 1.91. The third-order valence-electron chi connectivity index (χ3n) is 4.63. The van der Waals surface area contributed by atoms with Crippen molar-refractivity contribution in [2.45, 2.75) is 39.8 Å². The molecule has 0 saturated heterocycles. The molecule has 0 radical (unpaired) electrons. The van der Waals surface area contributed by atoms with E-state index in [1.54, 1.807) is 24.3 Å². The maximum Gasteiger partial charge on any atom is 0.255 e. The highest BCUT2D eigenvalue weighted by atomic mass is 32.2. The molecule has 30 heavy (non-hydrogen) atoms. The summed E-state index contributed by atoms with van der Waals surface area (Å²) >= 11 is 0. The maximum absolute atomic E-state index is 12.3. The van der Waals surface area contributed by atoms with Gasteiger partial charge < -0.3 is 5.32 Å². The topological polar surface area (TPSA) is 78.5 Å². The minimum Gasteiger partial charge on any atom is -0.351 e. The summed E-state index contributed by atoms with van der Waals surface area (Å²) in [6.07, 6.45) is 1.53. The average Bonchev–Trinajstić information content (AvgIpc) is 2.70. The second-order valence-electron chi connectivity index (χ2n) is 7.62. The van der Waals surface area contributed by atoms with Gasteiger partial charge in [-0.1, -0.05) is 30.3 Å². The molecule has 0 aliphatic heterocycles. The Labute approximate surface area is 180 Å². The molecule has 2 N–H and O–H groups in total. The standard InChI is InChI=1S/C23H31N3O3S/c1-18(2)26(19(3)4)16-15-24-23(27)21-10-12-22(13-11-21)25-30(28,29)17-14-20-8-6-5-7-9-20/h5-14,17-19,25H,15-16H2,1-4H3,(H,24,27)/b17-14+. The fraction of sp³-hybridized carbons (Fsp3) is 0.348. The first kappa shape index (κ1) is 23.6. The van der Waals surface area contributed by atoms with Gasteiger partial charge in [0.2, 0.25) is 0 Å². The molecule has 6 nitrogen and oxygen atoms in total. The fourth-order valence-electron chi connectivity index (χ4n) is 3.13. The van der Waals surface area contributed by atoms with Crippen LogP contribution in [0.4, 0.5) is 5.69 Å². The highest BCUT2D eigenvalue weighted by molar-refractivity contribution is 7.95. The van der Waals surface area contributed by atoms with Crippen LogP contribution in [0.2, 0.25) is 0 Å². The number of benzene rings is 2. The van der Waals surface area contributed by atoms with Crippen LogP contribution in [0.1, 0.15) is 43.6 Å². The number of hydrogen-bond acceptors (Lipinski definition) is 4. The Kier molecular flexibility index (Phi) is 8.62. The highest BCUT2D eigenvalue weighted by Crippen LogP contribution is 2.13. The van der Waals surface area contributed by atoms with Crippen LogP contribution in [-0.4, -0.2) is 44.4 Å². The van der Waals surface area contributed by atoms with Gasteiger partial charge in [-0.2, -0.15) is 0 Å². The van der Waals surface area contributed by atoms with Crippen molar-refractivity contribution in [3.05, 3.63) is 71.1 Å². The lowest BCUT2D eigenvalue weighted by atomic mass is 10.2. The third-order valence-corrected chi connectivity index (χ3v) is 5.64. The number of nitrogens with one attached hydrogen (secondary N) is 2. The van der Waals surface area contributed by atoms with Gasteiger partial charge in [-0.3, -0.25) is 14.4 Å². The summed E-state index contributed by atoms with van der Waals surface area (Å²) in [5.74, 6) is -0.180. The normalized spacial score (nSPS) is 12.1. The molecule has 0 fully saturated rings. The van der Waals surface area contributed by atoms with E-state index >= 15 is 0 Å². The summed E-state index contributed by atoms with van der Waals surface area (Å²) in [4.78, 5) is 14.6. The van der Waals surface area contributed by atoms with Gasteiger partial charge >= 0.3 is 0 Å². The summed E-state index contributed by atoms with van der Waals surface area (Å²) < 4.78 is 26.9. The van der Waals surface area contributed by atoms with E-state index in [9.17, 15) is 13.2 Å². The molecule has 0 aliphatic carbocycles. The van der Waals surface area contributed by atoms with E-state index < -0.39 is 10.0 Å². The molecule has 0 bridgehead atoms. The zero-order chi connectivity index (χ0) is 22.1. The molecule has 0 aromatic heterocycles. The summed E-state index contributed by atoms with van der Waals surface area (Å²) in [5.41, 5.74) is 1.68. The molecule has 2 rings (SSSR count). The number of rotatable bonds is 10. The molecule has 0 atom stereocenters. The fourth-order valence-corrected chi connectivity index (χ4v) is 4.00. The van der Waals surface area contributed by atoms with Gasteiger partial charge in [0.15, 0.2) is 0 Å². The summed E-state index contributed by atoms with van der Waals surface area (Å²) in [6.45, 7) is 9.86. The lowest BCUT2D eigenvalue weighted by Crippen LogP contribution is -2.42. The van der Waals surface area contributed by atoms with Crippen LogP contribution in [0.25, 0.3) is 6.08 Å². The van der Waals surface area contributed by atoms with Crippen LogP contribution in [0.5, 0.6) is 0 Å². The first-order valence-electron chi connectivity index (χ1n) is 10.1. The van der Waals surface area contributed by atoms with Crippen LogP contribution in [0.15, 0.2) is 60.0 Å². The van der Waals surface area contributed by atoms with E-state index in [1.165, 1.54) is 6.08 Å². The van der Waals surface area contributed by atoms with Gasteiger partial charge in [0.05, 0.1) is 5.41 Å². The van der Waals surface area contributed by atoms with Crippen LogP contribution < -0.4 is 10.0 Å². The van der Waals surface area contributed by atoms with Gasteiger partial charge in [-0.25, -0.2) is 8.42 Å². The Hall–Kier alpha value is -2.64. The lowest BCUT2D eigenvalue weighted by molar-refractivity contribution is 0.0939. The van der Waals surface area contributed by atoms with Crippen molar-refractivity contribution in [2.24, 2.45) is 0 Å². The molecule has 0 unspecified atom stereocenters. The molecule has 1 amide bonds. The van der Waals surface area contributed by atoms with Crippen LogP contribution in [0, 0.1) is 0 Å². The first-order chi connectivity index (χ1) is 14.2. The molecular formula is C23H31N3O3S. The highest BCUT2D eigenvalue weighted by Gasteiger charge is 2.14. The molecule has 0 saturated carbocycles. The minimum atomic E-state index is -3.64. The molecule has 2 aromatic rings. The van der Waals surface area contributed by atoms with E-state index in [-0.39, 0.29) is 5.91 Å². The Morgan fingerprint density at radius 2 is 1.57 bits per heavy atom. The largest absolute Gasteiger partial charge is 0.351 e. The smallest absolute Gasteiger partial charge is 0.255 e. The van der Waals surface area contributed by atoms with Gasteiger partial charge in [0, 0.05) is 36.4 Å². The van der Waals surface area contributed by atoms with Crippen LogP contribution >= 0.6 is 0 Å². The number of hydrogen-bond donors (Lipinski definition) is 2. The Bertz CT molecular complexity index is 929. The number of amides is 1. The van der Waals surface area contributed by atoms with E-state index in [1.807, 2.05) is 30.3 Å². The average molecular weight is 430 g/mol. The number of carbonyl (C=O) groups excluding carboxylic acids is 1. The molecule has 162 valence electrons. The molecule has 7 heteroatoms. The predicted octanol–water partition coefficient (Wildman–Crippen LogP) is 3.95. The monoisotopic (exact) mass is 429 g/mol. The van der Waals surface area contributed by atoms with E-state index in [4.69, 9.17) is 0 Å². The van der Waals surface area contributed by atoms with E-state index in [0.717, 1.165) is 17.5 Å². The van der Waals surface area contributed by atoms with Crippen molar-refractivity contribution in [3.8, 4) is 0 Å². The second kappa shape index (κ2) is 10.9. The molecule has 2 aromatic carbocycles. The van der Waals surface area contributed by atoms with Crippen LogP contribution in [-0.2, 0) is 10.0 Å². The number of carbonyl (C=O) groups is 1. The predicted molar refractivity (Wildman–Crippen MR) is 124 cm³/mol. The van der Waals surface area contributed by atoms with Crippen molar-refractivity contribution >= 4 is 27.7 Å². The molecular weight excluding hydrogens is 398 g/mol. The molecule has 0 aliphatic rings. The van der Waals surface area contributed by atoms with E-state index in [2.05, 4.69) is 42.6 Å². The quantitative estimate of drug-likeness (QED) is 0.599. The summed E-state index contributed by atoms with van der Waals surface area (Å²) in [6, 6.07) is 16.4. The number of nitrogens with zero attached hydrogens (tertiary/aromatic N) is 1. The summed E-state index contributed by atoms with van der Waals surface area (Å²) in [7, 11) is -3.64. The van der Waals surface area contributed by atoms with Gasteiger partial charge in [-0.15, -0.1) is 0 Å². The van der Waals surface area contributed by atoms with Crippen molar-refractivity contribution in [1.29, 1.82) is 0 Å². The van der Waals surface area contributed by atoms with Crippen molar-refractivity contribution in [1.82, 2.24) is 10.2 Å². The first-order valence-corrected chi connectivity index (χ1v) is 11.6. The van der Waals surface area contributed by atoms with Crippen molar-refractivity contribution in [3.63, 3.8) is 0 Å². The van der Waals surface area contributed by atoms with Gasteiger partial charge in [0.1, 0.15) is 0 Å².